The van der Waals surface area contributed by atoms with Crippen molar-refractivity contribution in [3.8, 4) is 5.69 Å². The van der Waals surface area contributed by atoms with Crippen LogP contribution < -0.4 is 0 Å². The van der Waals surface area contributed by atoms with E-state index in [2.05, 4.69) is 5.10 Å². The van der Waals surface area contributed by atoms with Crippen LogP contribution in [0.2, 0.25) is 0 Å². The van der Waals surface area contributed by atoms with Gasteiger partial charge in [-0.2, -0.15) is 5.10 Å². The zero-order valence-electron chi connectivity index (χ0n) is 9.25. The van der Waals surface area contributed by atoms with Gasteiger partial charge < -0.3 is 5.11 Å². The van der Waals surface area contributed by atoms with Gasteiger partial charge in [0.25, 0.3) is 5.92 Å². The number of carbonyl (C=O) groups is 1. The molecule has 0 spiro atoms. The summed E-state index contributed by atoms with van der Waals surface area (Å²) < 4.78 is 29.0. The second-order valence-corrected chi connectivity index (χ2v) is 3.74. The van der Waals surface area contributed by atoms with E-state index in [1.54, 1.807) is 12.1 Å². The predicted octanol–water partition coefficient (Wildman–Crippen LogP) is 2.44. The number of halogens is 2. The Morgan fingerprint density at radius 2 is 2.06 bits per heavy atom. The minimum absolute atomic E-state index is 0.175. The summed E-state index contributed by atoms with van der Waals surface area (Å²) in [6, 6.07) is 7.32. The number of hydrogen-bond donors (Lipinski definition) is 1. The Kier molecular flexibility index (Phi) is 3.10. The first-order chi connectivity index (χ1) is 8.50. The van der Waals surface area contributed by atoms with Crippen LogP contribution in [-0.4, -0.2) is 20.9 Å². The Hall–Kier alpha value is -2.24. The average Bonchev–Trinajstić information content (AvgIpc) is 2.80. The van der Waals surface area contributed by atoms with Crippen molar-refractivity contribution in [3.05, 3.63) is 48.3 Å². The fourth-order valence-electron chi connectivity index (χ4n) is 1.68. The van der Waals surface area contributed by atoms with E-state index in [4.69, 9.17) is 5.11 Å². The van der Waals surface area contributed by atoms with Crippen molar-refractivity contribution in [3.63, 3.8) is 0 Å². The molecule has 0 saturated carbocycles. The summed E-state index contributed by atoms with van der Waals surface area (Å²) in [7, 11) is 0. The molecule has 1 heterocycles. The third-order valence-electron chi connectivity index (χ3n) is 2.42. The maximum absolute atomic E-state index is 13.8. The zero-order valence-corrected chi connectivity index (χ0v) is 9.25. The highest BCUT2D eigenvalue weighted by Crippen LogP contribution is 2.35. The van der Waals surface area contributed by atoms with Crippen molar-refractivity contribution < 1.29 is 18.7 Å². The minimum Gasteiger partial charge on any atom is -0.481 e. The van der Waals surface area contributed by atoms with Crippen LogP contribution in [0.15, 0.2) is 42.7 Å². The van der Waals surface area contributed by atoms with E-state index in [0.29, 0.717) is 0 Å². The lowest BCUT2D eigenvalue weighted by Gasteiger charge is -2.18. The second-order valence-electron chi connectivity index (χ2n) is 3.74. The molecule has 1 aromatic carbocycles. The first kappa shape index (κ1) is 12.2. The third-order valence-corrected chi connectivity index (χ3v) is 2.42. The monoisotopic (exact) mass is 252 g/mol. The zero-order chi connectivity index (χ0) is 13.2. The number of benzene rings is 1. The maximum Gasteiger partial charge on any atom is 0.309 e. The number of rotatable bonds is 4. The van der Waals surface area contributed by atoms with Crippen LogP contribution in [0, 0.1) is 0 Å². The van der Waals surface area contributed by atoms with Crippen molar-refractivity contribution in [2.24, 2.45) is 0 Å². The third kappa shape index (κ3) is 2.37. The normalized spacial score (nSPS) is 11.4. The lowest BCUT2D eigenvalue weighted by molar-refractivity contribution is -0.145. The van der Waals surface area contributed by atoms with Gasteiger partial charge in [-0.15, -0.1) is 0 Å². The highest BCUT2D eigenvalue weighted by Gasteiger charge is 2.37. The molecule has 6 heteroatoms. The first-order valence-electron chi connectivity index (χ1n) is 5.20. The molecule has 0 aliphatic heterocycles. The predicted molar refractivity (Wildman–Crippen MR) is 59.7 cm³/mol. The molecule has 0 saturated heterocycles. The van der Waals surface area contributed by atoms with E-state index in [1.165, 1.54) is 35.3 Å². The van der Waals surface area contributed by atoms with Crippen LogP contribution in [0.4, 0.5) is 8.78 Å². The Balaban J connectivity index is 2.48. The highest BCUT2D eigenvalue weighted by molar-refractivity contribution is 5.68. The molecule has 0 bridgehead atoms. The smallest absolute Gasteiger partial charge is 0.309 e. The Bertz CT molecular complexity index is 553. The minimum atomic E-state index is -3.44. The molecule has 2 rings (SSSR count). The number of nitrogens with zero attached hydrogens (tertiary/aromatic N) is 2. The van der Waals surface area contributed by atoms with Crippen LogP contribution in [0.1, 0.15) is 12.0 Å². The van der Waals surface area contributed by atoms with Gasteiger partial charge in [0.1, 0.15) is 6.42 Å². The largest absolute Gasteiger partial charge is 0.481 e. The average molecular weight is 252 g/mol. The molecule has 18 heavy (non-hydrogen) atoms. The second kappa shape index (κ2) is 4.56. The fraction of sp³-hybridized carbons (Fsp3) is 0.167. The molecule has 1 aromatic heterocycles. The molecule has 0 atom stereocenters. The molecular formula is C12H10F2N2O2. The lowest BCUT2D eigenvalue weighted by atomic mass is 10.0. The van der Waals surface area contributed by atoms with Crippen molar-refractivity contribution in [2.75, 3.05) is 0 Å². The topological polar surface area (TPSA) is 55.1 Å². The summed E-state index contributed by atoms with van der Waals surface area (Å²) in [5.41, 5.74) is -0.176. The molecule has 0 amide bonds. The van der Waals surface area contributed by atoms with E-state index in [9.17, 15) is 13.6 Å². The van der Waals surface area contributed by atoms with Gasteiger partial charge in [-0.05, 0) is 12.1 Å². The molecule has 0 aliphatic rings. The van der Waals surface area contributed by atoms with Crippen molar-refractivity contribution in [2.45, 2.75) is 12.3 Å². The number of carboxylic acids is 1. The van der Waals surface area contributed by atoms with E-state index in [1.807, 2.05) is 0 Å². The van der Waals surface area contributed by atoms with Gasteiger partial charge >= 0.3 is 5.97 Å². The van der Waals surface area contributed by atoms with Gasteiger partial charge in [-0.1, -0.05) is 18.2 Å². The number of aliphatic carboxylic acids is 1. The Labute approximate surface area is 101 Å². The molecule has 2 aromatic rings. The van der Waals surface area contributed by atoms with Crippen LogP contribution in [0.3, 0.4) is 0 Å². The summed E-state index contributed by atoms with van der Waals surface area (Å²) in [6.07, 6.45) is 1.74. The van der Waals surface area contributed by atoms with Gasteiger partial charge in [-0.3, -0.25) is 4.79 Å². The molecule has 0 aliphatic carbocycles. The number of para-hydroxylation sites is 1. The maximum atomic E-state index is 13.8. The van der Waals surface area contributed by atoms with Crippen LogP contribution in [0.5, 0.6) is 0 Å². The molecule has 0 radical (unpaired) electrons. The molecular weight excluding hydrogens is 242 g/mol. The summed E-state index contributed by atoms with van der Waals surface area (Å²) in [5.74, 6) is -4.98. The quantitative estimate of drug-likeness (QED) is 0.909. The molecule has 0 fully saturated rings. The van der Waals surface area contributed by atoms with Crippen molar-refractivity contribution in [1.29, 1.82) is 0 Å². The molecule has 0 unspecified atom stereocenters. The van der Waals surface area contributed by atoms with Gasteiger partial charge in [0.2, 0.25) is 0 Å². The van der Waals surface area contributed by atoms with Crippen LogP contribution in [0.25, 0.3) is 5.69 Å². The summed E-state index contributed by atoms with van der Waals surface area (Å²) in [4.78, 5) is 10.5. The van der Waals surface area contributed by atoms with Gasteiger partial charge in [0, 0.05) is 18.0 Å². The lowest BCUT2D eigenvalue weighted by Crippen LogP contribution is -2.20. The number of hydrogen-bond acceptors (Lipinski definition) is 2. The molecule has 4 nitrogen and oxygen atoms in total. The number of alkyl halides is 2. The number of carboxylic acid groups (broad SMARTS) is 1. The molecule has 1 N–H and O–H groups in total. The van der Waals surface area contributed by atoms with Gasteiger partial charge in [0.15, 0.2) is 0 Å². The Morgan fingerprint density at radius 1 is 1.33 bits per heavy atom. The molecule has 94 valence electrons. The van der Waals surface area contributed by atoms with Crippen LogP contribution >= 0.6 is 0 Å². The van der Waals surface area contributed by atoms with E-state index < -0.39 is 18.3 Å². The van der Waals surface area contributed by atoms with E-state index in [-0.39, 0.29) is 11.3 Å². The summed E-state index contributed by atoms with van der Waals surface area (Å²) in [6.45, 7) is 0. The van der Waals surface area contributed by atoms with Crippen molar-refractivity contribution >= 4 is 5.97 Å². The number of aromatic nitrogens is 2. The van der Waals surface area contributed by atoms with Crippen molar-refractivity contribution in [1.82, 2.24) is 9.78 Å². The highest BCUT2D eigenvalue weighted by atomic mass is 19.3. The van der Waals surface area contributed by atoms with Gasteiger partial charge in [0.05, 0.1) is 5.69 Å². The SMILES string of the molecule is O=C(O)CC(F)(F)c1ccccc1-n1cccn1. The fourth-order valence-corrected chi connectivity index (χ4v) is 1.68. The Morgan fingerprint density at radius 3 is 2.67 bits per heavy atom. The first-order valence-corrected chi connectivity index (χ1v) is 5.20. The van der Waals surface area contributed by atoms with Crippen LogP contribution in [-0.2, 0) is 10.7 Å². The summed E-state index contributed by atoms with van der Waals surface area (Å²) >= 11 is 0. The van der Waals surface area contributed by atoms with E-state index >= 15 is 0 Å². The van der Waals surface area contributed by atoms with Gasteiger partial charge in [-0.25, -0.2) is 13.5 Å². The standard InChI is InChI=1S/C12H10F2N2O2/c13-12(14,8-11(17)18)9-4-1-2-5-10(9)16-7-3-6-15-16/h1-7H,8H2,(H,17,18). The summed E-state index contributed by atoms with van der Waals surface area (Å²) in [5, 5.41) is 12.4. The van der Waals surface area contributed by atoms with E-state index in [0.717, 1.165) is 0 Å².